The van der Waals surface area contributed by atoms with Crippen LogP contribution in [-0.4, -0.2) is 37.2 Å². The van der Waals surface area contributed by atoms with Gasteiger partial charge in [-0.05, 0) is 44.9 Å². The molecule has 0 aliphatic carbocycles. The Morgan fingerprint density at radius 1 is 0.333 bits per heavy atom. The number of carbonyl (C=O) groups excluding carboxylic acids is 3. The van der Waals surface area contributed by atoms with Crippen LogP contribution in [0.2, 0.25) is 0 Å². The van der Waals surface area contributed by atoms with Gasteiger partial charge in [0.1, 0.15) is 13.2 Å². The monoisotopic (exact) mass is 805 g/mol. The molecule has 0 saturated heterocycles. The molecule has 0 aliphatic heterocycles. The Balaban J connectivity index is 4.10. The lowest BCUT2D eigenvalue weighted by Crippen LogP contribution is -2.30. The van der Waals surface area contributed by atoms with Crippen LogP contribution in [0.15, 0.2) is 12.2 Å². The highest BCUT2D eigenvalue weighted by molar-refractivity contribution is 5.71. The summed E-state index contributed by atoms with van der Waals surface area (Å²) in [6, 6.07) is 0. The maximum absolute atomic E-state index is 12.7. The number of esters is 3. The lowest BCUT2D eigenvalue weighted by atomic mass is 10.0. The van der Waals surface area contributed by atoms with Crippen molar-refractivity contribution >= 4 is 17.9 Å². The molecule has 0 aromatic carbocycles. The van der Waals surface area contributed by atoms with E-state index in [2.05, 4.69) is 32.9 Å². The molecule has 6 heteroatoms. The molecule has 6 nitrogen and oxygen atoms in total. The first-order chi connectivity index (χ1) is 28.0. The summed E-state index contributed by atoms with van der Waals surface area (Å²) < 4.78 is 16.6. The molecule has 1 unspecified atom stereocenters. The van der Waals surface area contributed by atoms with Crippen molar-refractivity contribution in [2.45, 2.75) is 284 Å². The summed E-state index contributed by atoms with van der Waals surface area (Å²) in [7, 11) is 0. The Morgan fingerprint density at radius 2 is 0.579 bits per heavy atom. The van der Waals surface area contributed by atoms with Crippen LogP contribution in [0, 0.1) is 0 Å². The molecule has 0 rings (SSSR count). The Kier molecular flexibility index (Phi) is 45.3. The first kappa shape index (κ1) is 55.2. The molecule has 0 N–H and O–H groups in total. The summed E-state index contributed by atoms with van der Waals surface area (Å²) in [4.78, 5) is 37.6. The van der Waals surface area contributed by atoms with Crippen LogP contribution in [0.25, 0.3) is 0 Å². The fourth-order valence-corrected chi connectivity index (χ4v) is 7.44. The minimum atomic E-state index is -0.765. The van der Waals surface area contributed by atoms with E-state index in [1.807, 2.05) is 0 Å². The highest BCUT2D eigenvalue weighted by Crippen LogP contribution is 2.16. The molecule has 0 heterocycles. The van der Waals surface area contributed by atoms with Crippen LogP contribution in [0.1, 0.15) is 278 Å². The highest BCUT2D eigenvalue weighted by atomic mass is 16.6. The molecule has 0 amide bonds. The largest absolute Gasteiger partial charge is 0.462 e. The van der Waals surface area contributed by atoms with E-state index in [0.717, 1.165) is 70.6 Å². The van der Waals surface area contributed by atoms with Gasteiger partial charge in [-0.1, -0.05) is 226 Å². The van der Waals surface area contributed by atoms with Gasteiger partial charge in [-0.15, -0.1) is 0 Å². The van der Waals surface area contributed by atoms with Gasteiger partial charge in [-0.25, -0.2) is 0 Å². The second kappa shape index (κ2) is 46.8. The summed E-state index contributed by atoms with van der Waals surface area (Å²) in [5.41, 5.74) is 0. The van der Waals surface area contributed by atoms with Crippen molar-refractivity contribution in [3.63, 3.8) is 0 Å². The van der Waals surface area contributed by atoms with Crippen LogP contribution in [-0.2, 0) is 28.6 Å². The van der Waals surface area contributed by atoms with E-state index >= 15 is 0 Å². The molecular formula is C51H96O6. The number of rotatable bonds is 46. The molecule has 0 radical (unpaired) electrons. The van der Waals surface area contributed by atoms with Gasteiger partial charge < -0.3 is 14.2 Å². The number of hydrogen-bond donors (Lipinski definition) is 0. The third-order valence-corrected chi connectivity index (χ3v) is 11.3. The minimum Gasteiger partial charge on any atom is -0.462 e. The first-order valence-corrected chi connectivity index (χ1v) is 25.2. The predicted molar refractivity (Wildman–Crippen MR) is 243 cm³/mol. The van der Waals surface area contributed by atoms with Crippen LogP contribution >= 0.6 is 0 Å². The smallest absolute Gasteiger partial charge is 0.306 e. The summed E-state index contributed by atoms with van der Waals surface area (Å²) in [5, 5.41) is 0. The van der Waals surface area contributed by atoms with Crippen LogP contribution in [0.5, 0.6) is 0 Å². The zero-order valence-corrected chi connectivity index (χ0v) is 38.4. The number of carbonyl (C=O) groups is 3. The topological polar surface area (TPSA) is 78.9 Å². The lowest BCUT2D eigenvalue weighted by Gasteiger charge is -2.18. The van der Waals surface area contributed by atoms with Crippen molar-refractivity contribution in [3.05, 3.63) is 12.2 Å². The molecule has 0 fully saturated rings. The molecule has 0 aromatic rings. The summed E-state index contributed by atoms with van der Waals surface area (Å²) >= 11 is 0. The SMILES string of the molecule is CCCCCCC/C=C\CCCCCCCC(=O)OC(COC(=O)CCCCCCC)COC(=O)CCCCCCCCCCCCCCCCCCCCCC. The van der Waals surface area contributed by atoms with Gasteiger partial charge in [0.2, 0.25) is 0 Å². The second-order valence-corrected chi connectivity index (χ2v) is 17.1. The van der Waals surface area contributed by atoms with Gasteiger partial charge in [0.25, 0.3) is 0 Å². The minimum absolute atomic E-state index is 0.0696. The number of hydrogen-bond acceptors (Lipinski definition) is 6. The van der Waals surface area contributed by atoms with E-state index in [1.54, 1.807) is 0 Å². The first-order valence-electron chi connectivity index (χ1n) is 25.2. The molecule has 1 atom stereocenters. The van der Waals surface area contributed by atoms with Crippen molar-refractivity contribution in [3.8, 4) is 0 Å². The van der Waals surface area contributed by atoms with E-state index in [-0.39, 0.29) is 31.1 Å². The Bertz CT molecular complexity index is 885. The van der Waals surface area contributed by atoms with Crippen LogP contribution in [0.3, 0.4) is 0 Å². The number of unbranched alkanes of at least 4 members (excludes halogenated alkanes) is 33. The fraction of sp³-hybridized carbons (Fsp3) is 0.902. The third-order valence-electron chi connectivity index (χ3n) is 11.3. The zero-order chi connectivity index (χ0) is 41.5. The van der Waals surface area contributed by atoms with Crippen molar-refractivity contribution < 1.29 is 28.6 Å². The fourth-order valence-electron chi connectivity index (χ4n) is 7.44. The van der Waals surface area contributed by atoms with Gasteiger partial charge in [0.05, 0.1) is 0 Å². The molecule has 336 valence electrons. The van der Waals surface area contributed by atoms with Crippen molar-refractivity contribution in [2.75, 3.05) is 13.2 Å². The van der Waals surface area contributed by atoms with Crippen molar-refractivity contribution in [2.24, 2.45) is 0 Å². The van der Waals surface area contributed by atoms with Crippen LogP contribution < -0.4 is 0 Å². The standard InChI is InChI=1S/C51H96O6/c1-4-7-10-13-15-17-19-21-23-24-25-26-27-28-30-31-33-35-38-41-44-50(53)56-47-48(46-55-49(52)43-40-37-12-9-6-3)57-51(54)45-42-39-36-34-32-29-22-20-18-16-14-11-8-5-2/h20,22,48H,4-19,21,23-47H2,1-3H3/b22-20-. The van der Waals surface area contributed by atoms with E-state index in [9.17, 15) is 14.4 Å². The van der Waals surface area contributed by atoms with Gasteiger partial charge in [0.15, 0.2) is 6.10 Å². The third kappa shape index (κ3) is 45.1. The zero-order valence-electron chi connectivity index (χ0n) is 38.4. The van der Waals surface area contributed by atoms with E-state index in [1.165, 1.54) is 167 Å². The number of allylic oxidation sites excluding steroid dienone is 2. The van der Waals surface area contributed by atoms with Gasteiger partial charge in [0, 0.05) is 19.3 Å². The van der Waals surface area contributed by atoms with Crippen molar-refractivity contribution in [1.29, 1.82) is 0 Å². The average Bonchev–Trinajstić information content (AvgIpc) is 3.21. The lowest BCUT2D eigenvalue weighted by molar-refractivity contribution is -0.167. The normalized spacial score (nSPS) is 12.0. The van der Waals surface area contributed by atoms with Gasteiger partial charge in [-0.2, -0.15) is 0 Å². The molecule has 0 aliphatic rings. The maximum atomic E-state index is 12.7. The molecule has 0 bridgehead atoms. The van der Waals surface area contributed by atoms with E-state index < -0.39 is 6.10 Å². The predicted octanol–water partition coefficient (Wildman–Crippen LogP) is 16.2. The average molecular weight is 805 g/mol. The molecular weight excluding hydrogens is 709 g/mol. The highest BCUT2D eigenvalue weighted by Gasteiger charge is 2.19. The Morgan fingerprint density at radius 3 is 0.877 bits per heavy atom. The summed E-state index contributed by atoms with van der Waals surface area (Å²) in [5.74, 6) is -0.879. The molecule has 57 heavy (non-hydrogen) atoms. The number of ether oxygens (including phenoxy) is 3. The van der Waals surface area contributed by atoms with Crippen LogP contribution in [0.4, 0.5) is 0 Å². The van der Waals surface area contributed by atoms with Gasteiger partial charge in [-0.3, -0.25) is 14.4 Å². The Hall–Kier alpha value is -1.85. The summed E-state index contributed by atoms with van der Waals surface area (Å²) in [6.07, 6.45) is 50.9. The summed E-state index contributed by atoms with van der Waals surface area (Å²) in [6.45, 7) is 6.57. The van der Waals surface area contributed by atoms with E-state index in [0.29, 0.717) is 19.3 Å². The maximum Gasteiger partial charge on any atom is 0.306 e. The second-order valence-electron chi connectivity index (χ2n) is 17.1. The quantitative estimate of drug-likeness (QED) is 0.0264. The molecule has 0 aromatic heterocycles. The molecule has 0 saturated carbocycles. The van der Waals surface area contributed by atoms with Gasteiger partial charge >= 0.3 is 17.9 Å². The Labute approximate surface area is 354 Å². The molecule has 0 spiro atoms. The van der Waals surface area contributed by atoms with Crippen molar-refractivity contribution in [1.82, 2.24) is 0 Å². The van der Waals surface area contributed by atoms with E-state index in [4.69, 9.17) is 14.2 Å².